The fourth-order valence-corrected chi connectivity index (χ4v) is 4.81. The van der Waals surface area contributed by atoms with Crippen molar-refractivity contribution in [2.45, 2.75) is 11.4 Å². The fraction of sp³-hybridized carbons (Fsp3) is 0.522. The number of thioether (sulfide) groups is 1. The summed E-state index contributed by atoms with van der Waals surface area (Å²) in [5, 5.41) is 16.2. The van der Waals surface area contributed by atoms with E-state index < -0.39 is 0 Å². The lowest BCUT2D eigenvalue weighted by atomic mass is 10.2. The van der Waals surface area contributed by atoms with E-state index in [2.05, 4.69) is 59.9 Å². The molecule has 34 heavy (non-hydrogen) atoms. The predicted octanol–water partition coefficient (Wildman–Crippen LogP) is 2.79. The Morgan fingerprint density at radius 2 is 1.74 bits per heavy atom. The number of aromatic nitrogens is 4. The van der Waals surface area contributed by atoms with Crippen LogP contribution in [0.1, 0.15) is 6.42 Å². The molecule has 2 aliphatic heterocycles. The Bertz CT molecular complexity index is 1060. The van der Waals surface area contributed by atoms with Gasteiger partial charge in [-0.1, -0.05) is 0 Å². The minimum atomic E-state index is 0.540. The second-order valence-electron chi connectivity index (χ2n) is 8.36. The molecular formula is C23H32N8O2S. The average molecular weight is 485 g/mol. The predicted molar refractivity (Wildman–Crippen MR) is 137 cm³/mol. The molecule has 3 N–H and O–H groups in total. The van der Waals surface area contributed by atoms with Gasteiger partial charge in [-0.15, -0.1) is 11.8 Å². The highest BCUT2D eigenvalue weighted by Gasteiger charge is 2.16. The van der Waals surface area contributed by atoms with E-state index in [1.54, 1.807) is 11.8 Å². The number of hydrogen-bond acceptors (Lipinski definition) is 10. The molecule has 3 aromatic rings. The first kappa shape index (κ1) is 23.2. The van der Waals surface area contributed by atoms with Crippen LogP contribution in [0.15, 0.2) is 29.3 Å². The van der Waals surface area contributed by atoms with Crippen molar-refractivity contribution in [3.8, 4) is 0 Å². The maximum absolute atomic E-state index is 5.45. The maximum atomic E-state index is 5.45. The minimum Gasteiger partial charge on any atom is -0.379 e. The summed E-state index contributed by atoms with van der Waals surface area (Å²) in [6.07, 6.45) is 3.05. The highest BCUT2D eigenvalue weighted by Crippen LogP contribution is 2.30. The quantitative estimate of drug-likeness (QED) is 0.310. The first-order valence-electron chi connectivity index (χ1n) is 11.8. The van der Waals surface area contributed by atoms with Gasteiger partial charge in [0, 0.05) is 44.1 Å². The molecule has 0 atom stereocenters. The highest BCUT2D eigenvalue weighted by molar-refractivity contribution is 7.98. The largest absolute Gasteiger partial charge is 0.379 e. The van der Waals surface area contributed by atoms with Crippen molar-refractivity contribution in [3.05, 3.63) is 24.3 Å². The molecular weight excluding hydrogens is 452 g/mol. The summed E-state index contributed by atoms with van der Waals surface area (Å²) in [7, 11) is 0. The van der Waals surface area contributed by atoms with Gasteiger partial charge in [0.2, 0.25) is 5.95 Å². The molecule has 5 rings (SSSR count). The number of nitrogens with one attached hydrogen (secondary N) is 3. The van der Waals surface area contributed by atoms with Gasteiger partial charge in [-0.3, -0.25) is 10.00 Å². The molecule has 11 heteroatoms. The lowest BCUT2D eigenvalue weighted by Crippen LogP contribution is -2.37. The van der Waals surface area contributed by atoms with Crippen LogP contribution in [0.5, 0.6) is 0 Å². The molecule has 2 fully saturated rings. The van der Waals surface area contributed by atoms with Gasteiger partial charge in [0.05, 0.1) is 31.8 Å². The van der Waals surface area contributed by atoms with Crippen LogP contribution in [0, 0.1) is 0 Å². The molecule has 0 bridgehead atoms. The Hall–Kier alpha value is -2.60. The van der Waals surface area contributed by atoms with E-state index in [4.69, 9.17) is 14.5 Å². The van der Waals surface area contributed by atoms with Crippen molar-refractivity contribution in [2.75, 3.05) is 87.5 Å². The molecule has 0 amide bonds. The zero-order valence-electron chi connectivity index (χ0n) is 19.5. The zero-order valence-corrected chi connectivity index (χ0v) is 20.4. The van der Waals surface area contributed by atoms with E-state index in [1.165, 1.54) is 5.69 Å². The summed E-state index contributed by atoms with van der Waals surface area (Å²) >= 11 is 1.59. The molecule has 0 aliphatic carbocycles. The normalized spacial score (nSPS) is 17.3. The highest BCUT2D eigenvalue weighted by atomic mass is 32.2. The van der Waals surface area contributed by atoms with Gasteiger partial charge in [-0.25, -0.2) is 0 Å². The summed E-state index contributed by atoms with van der Waals surface area (Å²) in [6.45, 7) is 8.94. The van der Waals surface area contributed by atoms with Gasteiger partial charge < -0.3 is 25.0 Å². The Labute approximate surface area is 203 Å². The second-order valence-corrected chi connectivity index (χ2v) is 9.15. The molecule has 0 spiro atoms. The van der Waals surface area contributed by atoms with Crippen molar-refractivity contribution >= 4 is 45.9 Å². The topological polar surface area (TPSA) is 103 Å². The summed E-state index contributed by atoms with van der Waals surface area (Å²) in [6, 6.07) is 8.38. The number of rotatable bonds is 9. The van der Waals surface area contributed by atoms with Crippen LogP contribution in [0.3, 0.4) is 0 Å². The fourth-order valence-electron chi connectivity index (χ4n) is 4.28. The summed E-state index contributed by atoms with van der Waals surface area (Å²) in [5.74, 6) is 1.34. The van der Waals surface area contributed by atoms with Crippen molar-refractivity contribution in [3.63, 3.8) is 0 Å². The van der Waals surface area contributed by atoms with Gasteiger partial charge >= 0.3 is 0 Å². The lowest BCUT2D eigenvalue weighted by Gasteiger charge is -2.28. The van der Waals surface area contributed by atoms with Crippen LogP contribution >= 0.6 is 11.8 Å². The standard InChI is InChI=1S/C23H32N8O2S/c1-34-22-19-20(24-7-2-8-30-9-13-32-14-10-30)26-23(27-21(19)28-29-22)25-17-3-5-18(6-4-17)31-11-15-33-16-12-31/h3-6H,2,7-16H2,1H3,(H3,24,25,26,27,28,29). The number of H-pyrrole nitrogens is 1. The molecule has 4 heterocycles. The van der Waals surface area contributed by atoms with Gasteiger partial charge in [-0.05, 0) is 43.5 Å². The molecule has 182 valence electrons. The maximum Gasteiger partial charge on any atom is 0.231 e. The monoisotopic (exact) mass is 484 g/mol. The Balaban J connectivity index is 1.27. The van der Waals surface area contributed by atoms with Gasteiger partial charge in [-0.2, -0.15) is 15.1 Å². The van der Waals surface area contributed by atoms with E-state index in [1.807, 2.05) is 6.26 Å². The molecule has 10 nitrogen and oxygen atoms in total. The summed E-state index contributed by atoms with van der Waals surface area (Å²) < 4.78 is 10.9. The van der Waals surface area contributed by atoms with E-state index in [0.29, 0.717) is 5.95 Å². The van der Waals surface area contributed by atoms with Crippen LogP contribution in [0.4, 0.5) is 23.1 Å². The van der Waals surface area contributed by atoms with Crippen molar-refractivity contribution in [1.29, 1.82) is 0 Å². The van der Waals surface area contributed by atoms with Crippen LogP contribution in [0.2, 0.25) is 0 Å². The van der Waals surface area contributed by atoms with Gasteiger partial charge in [0.1, 0.15) is 10.8 Å². The number of morpholine rings is 2. The van der Waals surface area contributed by atoms with Gasteiger partial charge in [0.25, 0.3) is 0 Å². The van der Waals surface area contributed by atoms with E-state index in [9.17, 15) is 0 Å². The third-order valence-corrected chi connectivity index (χ3v) is 6.81. The lowest BCUT2D eigenvalue weighted by molar-refractivity contribution is 0.0378. The van der Waals surface area contributed by atoms with E-state index in [-0.39, 0.29) is 0 Å². The third kappa shape index (κ3) is 5.54. The Morgan fingerprint density at radius 1 is 1.00 bits per heavy atom. The van der Waals surface area contributed by atoms with Crippen LogP contribution in [-0.4, -0.2) is 97.0 Å². The molecule has 0 unspecified atom stereocenters. The number of anilines is 4. The Kier molecular flexibility index (Phi) is 7.64. The van der Waals surface area contributed by atoms with Crippen molar-refractivity contribution in [2.24, 2.45) is 0 Å². The van der Waals surface area contributed by atoms with Crippen molar-refractivity contribution in [1.82, 2.24) is 25.1 Å². The molecule has 2 aromatic heterocycles. The smallest absolute Gasteiger partial charge is 0.231 e. The third-order valence-electron chi connectivity index (χ3n) is 6.13. The number of hydrogen-bond donors (Lipinski definition) is 3. The zero-order chi connectivity index (χ0) is 23.2. The molecule has 2 aliphatic rings. The van der Waals surface area contributed by atoms with Gasteiger partial charge in [0.15, 0.2) is 5.65 Å². The molecule has 0 radical (unpaired) electrons. The number of ether oxygens (including phenoxy) is 2. The van der Waals surface area contributed by atoms with E-state index >= 15 is 0 Å². The number of aromatic amines is 1. The second kappa shape index (κ2) is 11.2. The number of benzene rings is 1. The molecule has 2 saturated heterocycles. The van der Waals surface area contributed by atoms with Crippen LogP contribution < -0.4 is 15.5 Å². The first-order chi connectivity index (χ1) is 16.8. The van der Waals surface area contributed by atoms with Crippen molar-refractivity contribution < 1.29 is 9.47 Å². The SMILES string of the molecule is CSc1n[nH]c2nc(Nc3ccc(N4CCOCC4)cc3)nc(NCCCN3CCOCC3)c12. The molecule has 1 aromatic carbocycles. The van der Waals surface area contributed by atoms with E-state index in [0.717, 1.165) is 99.7 Å². The average Bonchev–Trinajstić information content (AvgIpc) is 3.31. The molecule has 0 saturated carbocycles. The van der Waals surface area contributed by atoms with Crippen LogP contribution in [-0.2, 0) is 9.47 Å². The number of nitrogens with zero attached hydrogens (tertiary/aromatic N) is 5. The summed E-state index contributed by atoms with van der Waals surface area (Å²) in [4.78, 5) is 14.3. The first-order valence-corrected chi connectivity index (χ1v) is 13.1. The Morgan fingerprint density at radius 3 is 2.47 bits per heavy atom. The summed E-state index contributed by atoms with van der Waals surface area (Å²) in [5.41, 5.74) is 2.87. The van der Waals surface area contributed by atoms with Crippen LogP contribution in [0.25, 0.3) is 11.0 Å². The number of fused-ring (bicyclic) bond motifs is 1. The minimum absolute atomic E-state index is 0.540.